The van der Waals surface area contributed by atoms with Gasteiger partial charge in [0.25, 0.3) is 0 Å². The lowest BCUT2D eigenvalue weighted by Gasteiger charge is -2.27. The Morgan fingerprint density at radius 1 is 0.882 bits per heavy atom. The lowest BCUT2D eigenvalue weighted by atomic mass is 10.0. The zero-order chi connectivity index (χ0) is 36.0. The second-order valence-corrected chi connectivity index (χ2v) is 14.2. The van der Waals surface area contributed by atoms with E-state index >= 15 is 0 Å². The highest BCUT2D eigenvalue weighted by Crippen LogP contribution is 2.40. The minimum absolute atomic E-state index is 0.0253. The van der Waals surface area contributed by atoms with Crippen LogP contribution in [0.4, 0.5) is 0 Å². The number of nitrogens with two attached hydrogens (primary N) is 1. The third-order valence-electron chi connectivity index (χ3n) is 8.12. The Morgan fingerprint density at radius 3 is 2.31 bits per heavy atom. The van der Waals surface area contributed by atoms with E-state index in [9.17, 15) is 29.7 Å². The number of carboxylic acids is 2. The van der Waals surface area contributed by atoms with Gasteiger partial charge in [0.15, 0.2) is 11.4 Å². The van der Waals surface area contributed by atoms with Crippen LogP contribution in [0.1, 0.15) is 50.3 Å². The summed E-state index contributed by atoms with van der Waals surface area (Å²) in [4.78, 5) is 61.2. The summed E-state index contributed by atoms with van der Waals surface area (Å²) >= 11 is 3.84. The Balaban J connectivity index is 1.19. The van der Waals surface area contributed by atoms with Gasteiger partial charge in [0.2, 0.25) is 11.8 Å². The highest BCUT2D eigenvalue weighted by molar-refractivity contribution is 7.14. The van der Waals surface area contributed by atoms with Crippen LogP contribution in [-0.4, -0.2) is 69.0 Å². The van der Waals surface area contributed by atoms with Gasteiger partial charge in [0, 0.05) is 28.3 Å². The molecule has 14 nitrogen and oxygen atoms in total. The van der Waals surface area contributed by atoms with Crippen LogP contribution in [0, 0.1) is 12.8 Å². The number of amides is 1. The molecule has 3 atom stereocenters. The summed E-state index contributed by atoms with van der Waals surface area (Å²) in [7, 11) is 0. The summed E-state index contributed by atoms with van der Waals surface area (Å²) in [6.45, 7) is 3.51. The molecule has 0 aliphatic carbocycles. The molecule has 258 valence electrons. The summed E-state index contributed by atoms with van der Waals surface area (Å²) in [5.41, 5.74) is 8.95. The van der Waals surface area contributed by atoms with Crippen molar-refractivity contribution in [2.75, 3.05) is 0 Å². The maximum absolute atomic E-state index is 13.5. The molecule has 17 heteroatoms. The van der Waals surface area contributed by atoms with Crippen molar-refractivity contribution in [3.8, 4) is 50.0 Å². The molecule has 0 bridgehead atoms. The average Bonchev–Trinajstić information content (AvgIpc) is 3.95. The number of hydrogen-bond acceptors (Lipinski definition) is 14. The fraction of sp³-hybridized carbons (Fsp3) is 0.176. The number of nitrogens with zero attached hydrogens (tertiary/aromatic N) is 6. The second-order valence-electron chi connectivity index (χ2n) is 11.6. The number of carbonyl (C=O) groups excluding carboxylic acids is 1. The van der Waals surface area contributed by atoms with E-state index in [2.05, 4.69) is 9.97 Å². The molecule has 6 heterocycles. The monoisotopic (exact) mass is 741 g/mol. The number of rotatable bonds is 10. The zero-order valence-electron chi connectivity index (χ0n) is 26.8. The first-order valence-electron chi connectivity index (χ1n) is 15.3. The number of benzene rings is 1. The molecule has 6 aromatic rings. The molecular weight excluding hydrogens is 715 g/mol. The van der Waals surface area contributed by atoms with E-state index < -0.39 is 18.0 Å². The van der Waals surface area contributed by atoms with Crippen LogP contribution in [0.25, 0.3) is 44.2 Å². The zero-order valence-corrected chi connectivity index (χ0v) is 29.2. The van der Waals surface area contributed by atoms with Gasteiger partial charge in [0.1, 0.15) is 43.6 Å². The SMILES string of the molecule is Cc1oc(-c2ccc(-c3nc(C(=O)O)cs3)nc2-c2csc(-c3csc(C4C(C)C=CN4C(=O)C(N)Cc4ccc(O)cc4)n3)n2)nc1C(=O)O. The van der Waals surface area contributed by atoms with Gasteiger partial charge in [-0.1, -0.05) is 25.1 Å². The molecule has 0 spiro atoms. The van der Waals surface area contributed by atoms with Gasteiger partial charge in [-0.3, -0.25) is 4.79 Å². The summed E-state index contributed by atoms with van der Waals surface area (Å²) in [6, 6.07) is 8.71. The molecule has 7 rings (SSSR count). The molecule has 1 aliphatic rings. The number of aromatic carboxylic acids is 2. The van der Waals surface area contributed by atoms with Gasteiger partial charge in [0.05, 0.1) is 23.3 Å². The van der Waals surface area contributed by atoms with E-state index in [1.54, 1.807) is 52.9 Å². The minimum atomic E-state index is -1.24. The van der Waals surface area contributed by atoms with Crippen molar-refractivity contribution < 1.29 is 34.1 Å². The number of phenols is 1. The number of phenolic OH excluding ortho intramolecular Hbond substituents is 1. The maximum Gasteiger partial charge on any atom is 0.358 e. The standard InChI is InChI=1S/C34H27N7O7S3/c1-15-9-10-41(32(43)20(35)11-17-3-5-18(42)6-4-17)27(15)31-38-23(13-51-31)30-37-22(12-49-30)26-19(28-40-25(34(46)47)16(2)48-28)7-8-21(36-26)29-39-24(14-50-29)33(44)45/h3-10,12-15,20,27,42H,11,35H2,1-2H3,(H,44,45)(H,46,47). The molecule has 0 fully saturated rings. The van der Waals surface area contributed by atoms with Crippen LogP contribution in [-0.2, 0) is 11.2 Å². The van der Waals surface area contributed by atoms with E-state index in [0.29, 0.717) is 49.8 Å². The smallest absolute Gasteiger partial charge is 0.358 e. The lowest BCUT2D eigenvalue weighted by Crippen LogP contribution is -2.43. The first-order chi connectivity index (χ1) is 24.5. The van der Waals surface area contributed by atoms with Crippen LogP contribution in [0.3, 0.4) is 0 Å². The van der Waals surface area contributed by atoms with Crippen LogP contribution in [0.15, 0.2) is 69.2 Å². The predicted octanol–water partition coefficient (Wildman–Crippen LogP) is 6.12. The van der Waals surface area contributed by atoms with Crippen LogP contribution >= 0.6 is 34.0 Å². The van der Waals surface area contributed by atoms with Crippen molar-refractivity contribution in [3.05, 3.63) is 92.5 Å². The highest BCUT2D eigenvalue weighted by atomic mass is 32.1. The van der Waals surface area contributed by atoms with E-state index in [1.165, 1.54) is 35.0 Å². The maximum atomic E-state index is 13.5. The Hall–Kier alpha value is -5.62. The third kappa shape index (κ3) is 6.66. The highest BCUT2D eigenvalue weighted by Gasteiger charge is 2.36. The summed E-state index contributed by atoms with van der Waals surface area (Å²) in [5.74, 6) is -2.38. The van der Waals surface area contributed by atoms with E-state index in [4.69, 9.17) is 25.1 Å². The molecule has 3 unspecified atom stereocenters. The van der Waals surface area contributed by atoms with Crippen LogP contribution in [0.2, 0.25) is 0 Å². The van der Waals surface area contributed by atoms with E-state index in [0.717, 1.165) is 16.9 Å². The fourth-order valence-corrected chi connectivity index (χ4v) is 8.18. The first-order valence-corrected chi connectivity index (χ1v) is 18.0. The number of pyridine rings is 1. The third-order valence-corrected chi connectivity index (χ3v) is 10.8. The van der Waals surface area contributed by atoms with Crippen molar-refractivity contribution in [1.29, 1.82) is 0 Å². The number of aryl methyl sites for hydroxylation is 1. The Kier molecular flexibility index (Phi) is 9.02. The number of carboxylic acid groups (broad SMARTS) is 2. The lowest BCUT2D eigenvalue weighted by molar-refractivity contribution is -0.131. The number of aromatic nitrogens is 5. The second kappa shape index (κ2) is 13.6. The van der Waals surface area contributed by atoms with Gasteiger partial charge in [-0.25, -0.2) is 34.5 Å². The van der Waals surface area contributed by atoms with E-state index in [1.807, 2.05) is 18.4 Å². The van der Waals surface area contributed by atoms with Crippen molar-refractivity contribution in [1.82, 2.24) is 29.8 Å². The van der Waals surface area contributed by atoms with Crippen molar-refractivity contribution >= 4 is 51.9 Å². The number of thiazole rings is 3. The van der Waals surface area contributed by atoms with E-state index in [-0.39, 0.29) is 46.7 Å². The van der Waals surface area contributed by atoms with Gasteiger partial charge in [-0.15, -0.1) is 34.0 Å². The topological polar surface area (TPSA) is 219 Å². The van der Waals surface area contributed by atoms with Crippen molar-refractivity contribution in [3.63, 3.8) is 0 Å². The molecule has 1 amide bonds. The molecule has 5 N–H and O–H groups in total. The molecule has 1 aromatic carbocycles. The van der Waals surface area contributed by atoms with Gasteiger partial charge < -0.3 is 30.4 Å². The number of oxazole rings is 1. The van der Waals surface area contributed by atoms with Crippen LogP contribution in [0.5, 0.6) is 5.75 Å². The predicted molar refractivity (Wildman–Crippen MR) is 189 cm³/mol. The number of aromatic hydroxyl groups is 1. The molecule has 51 heavy (non-hydrogen) atoms. The molecule has 0 saturated heterocycles. The summed E-state index contributed by atoms with van der Waals surface area (Å²) in [6.07, 6.45) is 4.00. The van der Waals surface area contributed by atoms with Gasteiger partial charge >= 0.3 is 11.9 Å². The molecular formula is C34H27N7O7S3. The van der Waals surface area contributed by atoms with Gasteiger partial charge in [-0.2, -0.15) is 0 Å². The molecule has 1 aliphatic heterocycles. The summed E-state index contributed by atoms with van der Waals surface area (Å²) in [5, 5.41) is 35.3. The molecule has 0 saturated carbocycles. The van der Waals surface area contributed by atoms with Gasteiger partial charge in [-0.05, 0) is 43.2 Å². The van der Waals surface area contributed by atoms with Crippen LogP contribution < -0.4 is 5.73 Å². The molecule has 0 radical (unpaired) electrons. The average molecular weight is 742 g/mol. The molecule has 5 aromatic heterocycles. The fourth-order valence-electron chi connectivity index (χ4n) is 5.57. The largest absolute Gasteiger partial charge is 0.508 e. The quantitative estimate of drug-likeness (QED) is 0.125. The summed E-state index contributed by atoms with van der Waals surface area (Å²) < 4.78 is 5.74. The first kappa shape index (κ1) is 33.9. The van der Waals surface area contributed by atoms with Crippen molar-refractivity contribution in [2.24, 2.45) is 11.7 Å². The Morgan fingerprint density at radius 2 is 1.61 bits per heavy atom. The Labute approximate surface area is 301 Å². The minimum Gasteiger partial charge on any atom is -0.508 e. The Bertz CT molecular complexity index is 2330. The normalized spacial score (nSPS) is 16.1. The number of hydrogen-bond donors (Lipinski definition) is 4. The number of carbonyl (C=O) groups is 3. The van der Waals surface area contributed by atoms with Crippen molar-refractivity contribution in [2.45, 2.75) is 32.4 Å².